The van der Waals surface area contributed by atoms with Crippen molar-refractivity contribution in [1.82, 2.24) is 0 Å². The molecular formula is C8H6N2O2. The summed E-state index contributed by atoms with van der Waals surface area (Å²) in [5, 5.41) is 19.0. The first-order valence-electron chi connectivity index (χ1n) is 3.23. The Balaban J connectivity index is 2.99. The predicted molar refractivity (Wildman–Crippen MR) is 42.8 cm³/mol. The van der Waals surface area contributed by atoms with Crippen LogP contribution in [0.15, 0.2) is 24.3 Å². The number of benzene rings is 1. The van der Waals surface area contributed by atoms with Gasteiger partial charge in [0.05, 0.1) is 11.3 Å². The van der Waals surface area contributed by atoms with Gasteiger partial charge < -0.3 is 5.11 Å². The fraction of sp³-hybridized carbons (Fsp3) is 0. The summed E-state index contributed by atoms with van der Waals surface area (Å²) in [5.41, 5.74) is 0.632. The van der Waals surface area contributed by atoms with Crippen LogP contribution in [0.4, 0.5) is 10.5 Å². The zero-order valence-electron chi connectivity index (χ0n) is 6.11. The summed E-state index contributed by atoms with van der Waals surface area (Å²) < 4.78 is 0. The number of carboxylic acid groups (broad SMARTS) is 1. The Morgan fingerprint density at radius 2 is 2.17 bits per heavy atom. The molecule has 1 rings (SSSR count). The van der Waals surface area contributed by atoms with Gasteiger partial charge in [-0.05, 0) is 12.1 Å². The second-order valence-corrected chi connectivity index (χ2v) is 2.09. The third kappa shape index (κ3) is 1.73. The van der Waals surface area contributed by atoms with Crippen LogP contribution in [0.1, 0.15) is 5.56 Å². The van der Waals surface area contributed by atoms with Crippen molar-refractivity contribution in [3.8, 4) is 6.07 Å². The van der Waals surface area contributed by atoms with E-state index in [9.17, 15) is 4.79 Å². The minimum Gasteiger partial charge on any atom is -0.465 e. The van der Waals surface area contributed by atoms with Crippen molar-refractivity contribution >= 4 is 11.8 Å². The lowest BCUT2D eigenvalue weighted by atomic mass is 10.2. The zero-order chi connectivity index (χ0) is 8.97. The highest BCUT2D eigenvalue weighted by Crippen LogP contribution is 2.12. The van der Waals surface area contributed by atoms with Gasteiger partial charge in [-0.1, -0.05) is 12.1 Å². The molecule has 0 spiro atoms. The normalized spacial score (nSPS) is 8.58. The first-order chi connectivity index (χ1) is 5.74. The van der Waals surface area contributed by atoms with Gasteiger partial charge in [-0.25, -0.2) is 4.79 Å². The number of rotatable bonds is 1. The van der Waals surface area contributed by atoms with E-state index in [-0.39, 0.29) is 0 Å². The van der Waals surface area contributed by atoms with Crippen LogP contribution in [-0.2, 0) is 0 Å². The van der Waals surface area contributed by atoms with Crippen LogP contribution in [0.5, 0.6) is 0 Å². The second kappa shape index (κ2) is 3.39. The Kier molecular flexibility index (Phi) is 2.29. The third-order valence-electron chi connectivity index (χ3n) is 1.29. The predicted octanol–water partition coefficient (Wildman–Crippen LogP) is 1.65. The fourth-order valence-electron chi connectivity index (χ4n) is 0.805. The van der Waals surface area contributed by atoms with E-state index in [1.165, 1.54) is 6.07 Å². The summed E-state index contributed by atoms with van der Waals surface area (Å²) in [5.74, 6) is 0. The molecule has 1 aromatic carbocycles. The van der Waals surface area contributed by atoms with Gasteiger partial charge in [-0.15, -0.1) is 0 Å². The van der Waals surface area contributed by atoms with Gasteiger partial charge in [0.1, 0.15) is 6.07 Å². The lowest BCUT2D eigenvalue weighted by molar-refractivity contribution is 0.209. The molecule has 1 aromatic rings. The maximum atomic E-state index is 10.2. The van der Waals surface area contributed by atoms with E-state index >= 15 is 0 Å². The van der Waals surface area contributed by atoms with Crippen LogP contribution in [0, 0.1) is 11.3 Å². The summed E-state index contributed by atoms with van der Waals surface area (Å²) >= 11 is 0. The second-order valence-electron chi connectivity index (χ2n) is 2.09. The van der Waals surface area contributed by atoms with Gasteiger partial charge in [0.2, 0.25) is 0 Å². The van der Waals surface area contributed by atoms with Crippen molar-refractivity contribution in [3.63, 3.8) is 0 Å². The molecule has 2 N–H and O–H groups in total. The molecule has 0 unspecified atom stereocenters. The zero-order valence-corrected chi connectivity index (χ0v) is 6.11. The van der Waals surface area contributed by atoms with Crippen LogP contribution in [0.3, 0.4) is 0 Å². The van der Waals surface area contributed by atoms with Gasteiger partial charge in [0, 0.05) is 0 Å². The lowest BCUT2D eigenvalue weighted by Crippen LogP contribution is -2.08. The van der Waals surface area contributed by atoms with Gasteiger partial charge in [0.25, 0.3) is 0 Å². The number of anilines is 1. The highest BCUT2D eigenvalue weighted by Gasteiger charge is 2.02. The maximum absolute atomic E-state index is 10.2. The van der Waals surface area contributed by atoms with E-state index in [1.807, 2.05) is 6.07 Å². The van der Waals surface area contributed by atoms with Crippen LogP contribution in [0.25, 0.3) is 0 Å². The molecule has 0 aliphatic rings. The number of hydrogen-bond acceptors (Lipinski definition) is 2. The number of nitrogens with one attached hydrogen (secondary N) is 1. The molecule has 0 heterocycles. The SMILES string of the molecule is N#Cc1ccccc1NC(=O)O. The number of nitrogens with zero attached hydrogens (tertiary/aromatic N) is 1. The van der Waals surface area contributed by atoms with Crippen molar-refractivity contribution in [1.29, 1.82) is 5.26 Å². The van der Waals surface area contributed by atoms with Gasteiger partial charge in [0.15, 0.2) is 0 Å². The van der Waals surface area contributed by atoms with E-state index in [0.29, 0.717) is 11.3 Å². The van der Waals surface area contributed by atoms with Crippen molar-refractivity contribution in [2.24, 2.45) is 0 Å². The highest BCUT2D eigenvalue weighted by molar-refractivity contribution is 5.84. The molecule has 0 fully saturated rings. The van der Waals surface area contributed by atoms with Crippen molar-refractivity contribution in [2.45, 2.75) is 0 Å². The number of para-hydroxylation sites is 1. The fourth-order valence-corrected chi connectivity index (χ4v) is 0.805. The molecule has 0 aromatic heterocycles. The number of hydrogen-bond donors (Lipinski definition) is 2. The standard InChI is InChI=1S/C8H6N2O2/c9-5-6-3-1-2-4-7(6)10-8(11)12/h1-4,10H,(H,11,12). The molecule has 0 bridgehead atoms. The molecule has 0 atom stereocenters. The molecule has 60 valence electrons. The summed E-state index contributed by atoms with van der Waals surface area (Å²) in [7, 11) is 0. The molecule has 0 aliphatic heterocycles. The Morgan fingerprint density at radius 1 is 1.50 bits per heavy atom. The first kappa shape index (κ1) is 8.08. The summed E-state index contributed by atoms with van der Waals surface area (Å²) in [6, 6.07) is 8.29. The van der Waals surface area contributed by atoms with Gasteiger partial charge >= 0.3 is 6.09 Å². The average molecular weight is 162 g/mol. The van der Waals surface area contributed by atoms with Crippen molar-refractivity contribution in [3.05, 3.63) is 29.8 Å². The number of amides is 1. The molecule has 4 nitrogen and oxygen atoms in total. The molecular weight excluding hydrogens is 156 g/mol. The van der Waals surface area contributed by atoms with E-state index < -0.39 is 6.09 Å². The summed E-state index contributed by atoms with van der Waals surface area (Å²) in [6.45, 7) is 0. The van der Waals surface area contributed by atoms with Crippen molar-refractivity contribution in [2.75, 3.05) is 5.32 Å². The molecule has 0 radical (unpaired) electrons. The van der Waals surface area contributed by atoms with Crippen LogP contribution < -0.4 is 5.32 Å². The molecule has 12 heavy (non-hydrogen) atoms. The Labute approximate surface area is 69.1 Å². The maximum Gasteiger partial charge on any atom is 0.409 e. The molecule has 1 amide bonds. The Bertz CT molecular complexity index is 341. The largest absolute Gasteiger partial charge is 0.465 e. The third-order valence-corrected chi connectivity index (χ3v) is 1.29. The molecule has 0 aliphatic carbocycles. The Morgan fingerprint density at radius 3 is 2.75 bits per heavy atom. The minimum atomic E-state index is -1.17. The smallest absolute Gasteiger partial charge is 0.409 e. The molecule has 0 saturated heterocycles. The first-order valence-corrected chi connectivity index (χ1v) is 3.23. The van der Waals surface area contributed by atoms with Gasteiger partial charge in [-0.2, -0.15) is 5.26 Å². The summed E-state index contributed by atoms with van der Waals surface area (Å²) in [4.78, 5) is 10.2. The number of carbonyl (C=O) groups is 1. The lowest BCUT2D eigenvalue weighted by Gasteiger charge is -2.00. The highest BCUT2D eigenvalue weighted by atomic mass is 16.4. The number of nitriles is 1. The van der Waals surface area contributed by atoms with E-state index in [4.69, 9.17) is 10.4 Å². The molecule has 0 saturated carbocycles. The van der Waals surface area contributed by atoms with Crippen molar-refractivity contribution < 1.29 is 9.90 Å². The van der Waals surface area contributed by atoms with E-state index in [0.717, 1.165) is 0 Å². The quantitative estimate of drug-likeness (QED) is 0.659. The monoisotopic (exact) mass is 162 g/mol. The van der Waals surface area contributed by atoms with E-state index in [1.54, 1.807) is 18.2 Å². The average Bonchev–Trinajstić information content (AvgIpc) is 2.04. The minimum absolute atomic E-state index is 0.313. The van der Waals surface area contributed by atoms with Gasteiger partial charge in [-0.3, -0.25) is 5.32 Å². The van der Waals surface area contributed by atoms with Crippen LogP contribution >= 0.6 is 0 Å². The topological polar surface area (TPSA) is 73.1 Å². The Hall–Kier alpha value is -2.02. The summed E-state index contributed by atoms with van der Waals surface area (Å²) in [6.07, 6.45) is -1.17. The molecule has 4 heteroatoms. The van der Waals surface area contributed by atoms with Crippen LogP contribution in [-0.4, -0.2) is 11.2 Å². The van der Waals surface area contributed by atoms with E-state index in [2.05, 4.69) is 5.32 Å². The van der Waals surface area contributed by atoms with Crippen LogP contribution in [0.2, 0.25) is 0 Å².